The average molecular weight is 610 g/mol. The van der Waals surface area contributed by atoms with E-state index in [0.717, 1.165) is 46.7 Å². The Morgan fingerprint density at radius 1 is 0.976 bits per heavy atom. The van der Waals surface area contributed by atoms with Gasteiger partial charge in [-0.2, -0.15) is 0 Å². The van der Waals surface area contributed by atoms with E-state index in [-0.39, 0.29) is 29.1 Å². The lowest BCUT2D eigenvalue weighted by Gasteiger charge is -2.34. The van der Waals surface area contributed by atoms with Crippen molar-refractivity contribution < 1.29 is 18.0 Å². The lowest BCUT2D eigenvalue weighted by molar-refractivity contribution is -0.139. The summed E-state index contributed by atoms with van der Waals surface area (Å²) in [6.07, 6.45) is 4.93. The van der Waals surface area contributed by atoms with Gasteiger partial charge in [0.15, 0.2) is 0 Å². The minimum Gasteiger partial charge on any atom is -0.352 e. The molecule has 224 valence electrons. The number of halogens is 1. The molecule has 1 atom stereocenters. The number of sulfonamides is 1. The van der Waals surface area contributed by atoms with E-state index < -0.39 is 28.5 Å². The van der Waals surface area contributed by atoms with Crippen LogP contribution in [0.1, 0.15) is 55.7 Å². The number of hydrogen-bond donors (Lipinski definition) is 1. The predicted octanol–water partition coefficient (Wildman–Crippen LogP) is 6.06. The minimum absolute atomic E-state index is 0.0689. The normalized spacial score (nSPS) is 14.4. The Labute approximate surface area is 254 Å². The number of rotatable bonds is 12. The summed E-state index contributed by atoms with van der Waals surface area (Å²) < 4.78 is 29.1. The van der Waals surface area contributed by atoms with E-state index in [1.165, 1.54) is 12.1 Å². The van der Waals surface area contributed by atoms with Gasteiger partial charge in [0, 0.05) is 17.6 Å². The van der Waals surface area contributed by atoms with E-state index in [2.05, 4.69) is 5.32 Å². The third kappa shape index (κ3) is 7.72. The summed E-state index contributed by atoms with van der Waals surface area (Å²) in [6.45, 7) is 5.38. The third-order valence-corrected chi connectivity index (χ3v) is 10.1. The molecule has 1 N–H and O–H groups in total. The Kier molecular flexibility index (Phi) is 10.7. The number of carbonyl (C=O) groups is 2. The lowest BCUT2D eigenvalue weighted by Crippen LogP contribution is -2.54. The Bertz CT molecular complexity index is 1470. The fourth-order valence-corrected chi connectivity index (χ4v) is 6.95. The van der Waals surface area contributed by atoms with Gasteiger partial charge >= 0.3 is 0 Å². The van der Waals surface area contributed by atoms with E-state index in [1.807, 2.05) is 51.1 Å². The van der Waals surface area contributed by atoms with Gasteiger partial charge in [-0.25, -0.2) is 8.42 Å². The van der Waals surface area contributed by atoms with Crippen molar-refractivity contribution in [1.29, 1.82) is 0 Å². The van der Waals surface area contributed by atoms with E-state index in [1.54, 1.807) is 35.2 Å². The van der Waals surface area contributed by atoms with Crippen LogP contribution in [-0.2, 0) is 26.0 Å². The lowest BCUT2D eigenvalue weighted by atomic mass is 10.1. The molecule has 3 aromatic carbocycles. The van der Waals surface area contributed by atoms with Crippen LogP contribution in [-0.4, -0.2) is 50.3 Å². The zero-order valence-corrected chi connectivity index (χ0v) is 26.1. The summed E-state index contributed by atoms with van der Waals surface area (Å²) in [4.78, 5) is 29.3. The molecule has 0 radical (unpaired) electrons. The van der Waals surface area contributed by atoms with Gasteiger partial charge in [0.2, 0.25) is 11.8 Å². The number of carbonyl (C=O) groups excluding carboxylic acids is 2. The van der Waals surface area contributed by atoms with Crippen molar-refractivity contribution in [2.45, 2.75) is 76.3 Å². The predicted molar refractivity (Wildman–Crippen MR) is 168 cm³/mol. The van der Waals surface area contributed by atoms with E-state index >= 15 is 0 Å². The number of anilines is 1. The average Bonchev–Trinajstić information content (AvgIpc) is 3.49. The fraction of sp³-hybridized carbons (Fsp3) is 0.394. The molecule has 4 rings (SSSR count). The Morgan fingerprint density at radius 2 is 1.64 bits per heavy atom. The van der Waals surface area contributed by atoms with Crippen molar-refractivity contribution in [3.63, 3.8) is 0 Å². The number of nitrogens with zero attached hydrogens (tertiary/aromatic N) is 2. The molecule has 42 heavy (non-hydrogen) atoms. The molecule has 1 saturated carbocycles. The summed E-state index contributed by atoms with van der Waals surface area (Å²) in [5.74, 6) is -0.649. The molecule has 7 nitrogen and oxygen atoms in total. The largest absolute Gasteiger partial charge is 0.352 e. The molecule has 0 aromatic heterocycles. The van der Waals surface area contributed by atoms with Crippen LogP contribution in [0.5, 0.6) is 0 Å². The monoisotopic (exact) mass is 609 g/mol. The minimum atomic E-state index is -4.14. The first kappa shape index (κ1) is 31.6. The van der Waals surface area contributed by atoms with Crippen LogP contribution < -0.4 is 9.62 Å². The Hall–Kier alpha value is -3.36. The highest BCUT2D eigenvalue weighted by Gasteiger charge is 2.34. The topological polar surface area (TPSA) is 86.8 Å². The first-order chi connectivity index (χ1) is 20.1. The van der Waals surface area contributed by atoms with Crippen LogP contribution in [0.4, 0.5) is 5.69 Å². The molecule has 0 spiro atoms. The zero-order chi connectivity index (χ0) is 30.3. The second-order valence-electron chi connectivity index (χ2n) is 11.0. The van der Waals surface area contributed by atoms with Gasteiger partial charge in [0.05, 0.1) is 10.6 Å². The van der Waals surface area contributed by atoms with Crippen molar-refractivity contribution in [3.8, 4) is 0 Å². The van der Waals surface area contributed by atoms with Crippen molar-refractivity contribution in [3.05, 3.63) is 94.5 Å². The van der Waals surface area contributed by atoms with Gasteiger partial charge in [-0.3, -0.25) is 13.9 Å². The molecule has 1 aliphatic carbocycles. The van der Waals surface area contributed by atoms with Gasteiger partial charge < -0.3 is 10.2 Å². The van der Waals surface area contributed by atoms with Crippen LogP contribution in [0.25, 0.3) is 0 Å². The second kappa shape index (κ2) is 14.2. The number of benzene rings is 3. The number of amides is 2. The van der Waals surface area contributed by atoms with Crippen molar-refractivity contribution >= 4 is 39.1 Å². The van der Waals surface area contributed by atoms with Gasteiger partial charge in [0.1, 0.15) is 12.6 Å². The second-order valence-corrected chi connectivity index (χ2v) is 13.3. The van der Waals surface area contributed by atoms with Crippen molar-refractivity contribution in [2.24, 2.45) is 0 Å². The molecule has 0 aliphatic heterocycles. The molecule has 0 saturated heterocycles. The van der Waals surface area contributed by atoms with E-state index in [4.69, 9.17) is 11.6 Å². The van der Waals surface area contributed by atoms with E-state index in [0.29, 0.717) is 17.9 Å². The van der Waals surface area contributed by atoms with Crippen LogP contribution in [0.15, 0.2) is 77.7 Å². The quantitative estimate of drug-likeness (QED) is 0.270. The smallest absolute Gasteiger partial charge is 0.264 e. The summed E-state index contributed by atoms with van der Waals surface area (Å²) in [7, 11) is -4.14. The molecule has 3 aromatic rings. The first-order valence-electron chi connectivity index (χ1n) is 14.6. The van der Waals surface area contributed by atoms with Crippen LogP contribution in [0, 0.1) is 13.8 Å². The zero-order valence-electron chi connectivity index (χ0n) is 24.6. The van der Waals surface area contributed by atoms with Crippen LogP contribution in [0.2, 0.25) is 5.02 Å². The molecule has 1 unspecified atom stereocenters. The maximum Gasteiger partial charge on any atom is 0.264 e. The molecule has 0 heterocycles. The van der Waals surface area contributed by atoms with Gasteiger partial charge in [0.25, 0.3) is 10.0 Å². The molecule has 2 amide bonds. The maximum absolute atomic E-state index is 14.2. The van der Waals surface area contributed by atoms with Crippen LogP contribution >= 0.6 is 11.6 Å². The van der Waals surface area contributed by atoms with Crippen LogP contribution in [0.3, 0.4) is 0 Å². The Balaban J connectivity index is 1.69. The molecular formula is C33H40ClN3O4S. The molecular weight excluding hydrogens is 570 g/mol. The van der Waals surface area contributed by atoms with Crippen molar-refractivity contribution in [2.75, 3.05) is 17.4 Å². The van der Waals surface area contributed by atoms with Crippen molar-refractivity contribution in [1.82, 2.24) is 10.2 Å². The molecule has 1 fully saturated rings. The SMILES string of the molecule is CCC(C(=O)NC1CCCC1)N(CCc1ccccc1)C(=O)CN(c1ccc(C)c(Cl)c1)S(=O)(=O)c1ccc(C)cc1. The van der Waals surface area contributed by atoms with Gasteiger partial charge in [-0.15, -0.1) is 0 Å². The summed E-state index contributed by atoms with van der Waals surface area (Å²) in [6, 6.07) is 20.6. The summed E-state index contributed by atoms with van der Waals surface area (Å²) in [5.41, 5.74) is 3.02. The molecule has 1 aliphatic rings. The fourth-order valence-electron chi connectivity index (χ4n) is 5.37. The summed E-state index contributed by atoms with van der Waals surface area (Å²) in [5, 5.41) is 3.54. The third-order valence-electron chi connectivity index (χ3n) is 7.90. The number of hydrogen-bond acceptors (Lipinski definition) is 4. The van der Waals surface area contributed by atoms with Gasteiger partial charge in [-0.1, -0.05) is 85.5 Å². The maximum atomic E-state index is 14.2. The molecule has 0 bridgehead atoms. The first-order valence-corrected chi connectivity index (χ1v) is 16.4. The summed E-state index contributed by atoms with van der Waals surface area (Å²) >= 11 is 6.42. The number of aryl methyl sites for hydroxylation is 2. The van der Waals surface area contributed by atoms with Gasteiger partial charge in [-0.05, 0) is 74.9 Å². The highest BCUT2D eigenvalue weighted by molar-refractivity contribution is 7.92. The highest BCUT2D eigenvalue weighted by Crippen LogP contribution is 2.29. The number of nitrogens with one attached hydrogen (secondary N) is 1. The Morgan fingerprint density at radius 3 is 2.26 bits per heavy atom. The van der Waals surface area contributed by atoms with E-state index in [9.17, 15) is 18.0 Å². The highest BCUT2D eigenvalue weighted by atomic mass is 35.5. The standard InChI is InChI=1S/C33H40ClN3O4S/c1-4-31(33(39)35-27-12-8-9-13-27)36(21-20-26-10-6-5-7-11-26)32(38)23-37(28-17-16-25(3)30(34)22-28)42(40,41)29-18-14-24(2)15-19-29/h5-7,10-11,14-19,22,27,31H,4,8-9,12-13,20-21,23H2,1-3H3,(H,35,39). The molecule has 9 heteroatoms.